The summed E-state index contributed by atoms with van der Waals surface area (Å²) >= 11 is 0. The normalized spacial score (nSPS) is 13.9. The first-order chi connectivity index (χ1) is 25.6. The fourth-order valence-electron chi connectivity index (χ4n) is 6.86. The summed E-state index contributed by atoms with van der Waals surface area (Å²) in [4.78, 5) is 12.5. The Morgan fingerprint density at radius 2 is 0.788 bits per heavy atom. The first kappa shape index (κ1) is 50.6. The number of hydrogen-bond acceptors (Lipinski definition) is 4. The number of carbonyl (C=O) groups excluding carboxylic acids is 1. The molecule has 5 nitrogen and oxygen atoms in total. The van der Waals surface area contributed by atoms with E-state index in [1.807, 2.05) is 6.08 Å². The van der Waals surface area contributed by atoms with Crippen molar-refractivity contribution in [1.82, 2.24) is 5.32 Å². The molecular weight excluding hydrogens is 643 g/mol. The number of aliphatic hydroxyl groups excluding tert-OH is 3. The van der Waals surface area contributed by atoms with Crippen LogP contribution in [0.1, 0.15) is 232 Å². The molecule has 0 aromatic carbocycles. The highest BCUT2D eigenvalue weighted by molar-refractivity contribution is 5.80. The molecule has 0 saturated carbocycles. The summed E-state index contributed by atoms with van der Waals surface area (Å²) < 4.78 is 0. The first-order valence-corrected chi connectivity index (χ1v) is 22.8. The topological polar surface area (TPSA) is 89.8 Å². The second-order valence-electron chi connectivity index (χ2n) is 15.6. The van der Waals surface area contributed by atoms with Gasteiger partial charge in [0.2, 0.25) is 5.91 Å². The van der Waals surface area contributed by atoms with Gasteiger partial charge in [-0.15, -0.1) is 0 Å². The van der Waals surface area contributed by atoms with E-state index in [1.165, 1.54) is 167 Å². The van der Waals surface area contributed by atoms with E-state index in [-0.39, 0.29) is 6.61 Å². The Balaban J connectivity index is 3.72. The third-order valence-electron chi connectivity index (χ3n) is 10.5. The Morgan fingerprint density at radius 3 is 1.17 bits per heavy atom. The van der Waals surface area contributed by atoms with Crippen molar-refractivity contribution >= 4 is 5.91 Å². The molecule has 0 aromatic rings. The van der Waals surface area contributed by atoms with Crippen LogP contribution >= 0.6 is 0 Å². The monoisotopic (exact) mass is 732 g/mol. The lowest BCUT2D eigenvalue weighted by Crippen LogP contribution is -2.48. The molecule has 0 saturated heterocycles. The maximum absolute atomic E-state index is 12.5. The van der Waals surface area contributed by atoms with E-state index in [4.69, 9.17) is 0 Å². The largest absolute Gasteiger partial charge is 0.394 e. The Bertz CT molecular complexity index is 809. The molecule has 0 fully saturated rings. The van der Waals surface area contributed by atoms with Crippen LogP contribution in [0.2, 0.25) is 0 Å². The highest BCUT2D eigenvalue weighted by Gasteiger charge is 2.22. The molecule has 0 radical (unpaired) electrons. The third kappa shape index (κ3) is 36.9. The fraction of sp³-hybridized carbons (Fsp3) is 0.851. The second-order valence-corrected chi connectivity index (χ2v) is 15.6. The summed E-state index contributed by atoms with van der Waals surface area (Å²) in [6, 6.07) is -0.818. The van der Waals surface area contributed by atoms with Crippen molar-refractivity contribution in [3.63, 3.8) is 0 Å². The van der Waals surface area contributed by atoms with Crippen LogP contribution in [0.4, 0.5) is 0 Å². The standard InChI is InChI=1S/C47H89NO4/c1-3-5-7-9-11-13-15-17-19-21-23-24-26-27-29-31-33-35-37-39-41-45(50)44(43-49)48-47(52)46(51)42-40-38-36-34-32-30-28-25-22-20-18-16-14-12-10-8-6-4-2/h24,26,31,33,39,41,44-46,49-51H,3-23,25,27-30,32,34-38,40,42-43H2,1-2H3,(H,48,52)/b26-24+,33-31+,41-39+. The molecule has 52 heavy (non-hydrogen) atoms. The van der Waals surface area contributed by atoms with E-state index >= 15 is 0 Å². The van der Waals surface area contributed by atoms with Crippen molar-refractivity contribution in [3.8, 4) is 0 Å². The Labute approximate surface area is 324 Å². The molecule has 0 spiro atoms. The molecule has 0 heterocycles. The van der Waals surface area contributed by atoms with Gasteiger partial charge >= 0.3 is 0 Å². The number of amides is 1. The Hall–Kier alpha value is -1.43. The molecule has 3 atom stereocenters. The highest BCUT2D eigenvalue weighted by atomic mass is 16.3. The van der Waals surface area contributed by atoms with E-state index in [0.717, 1.165) is 44.9 Å². The smallest absolute Gasteiger partial charge is 0.249 e. The molecule has 0 aromatic heterocycles. The molecule has 3 unspecified atom stereocenters. The average Bonchev–Trinajstić information content (AvgIpc) is 3.15. The van der Waals surface area contributed by atoms with Gasteiger partial charge in [0.1, 0.15) is 6.10 Å². The zero-order valence-corrected chi connectivity index (χ0v) is 34.7. The van der Waals surface area contributed by atoms with E-state index in [2.05, 4.69) is 43.5 Å². The molecule has 0 bridgehead atoms. The van der Waals surface area contributed by atoms with E-state index in [9.17, 15) is 20.1 Å². The van der Waals surface area contributed by atoms with Crippen LogP contribution in [0.15, 0.2) is 36.5 Å². The van der Waals surface area contributed by atoms with Crippen molar-refractivity contribution in [2.24, 2.45) is 0 Å². The lowest BCUT2D eigenvalue weighted by Gasteiger charge is -2.21. The average molecular weight is 732 g/mol. The number of unbranched alkanes of at least 4 members (excludes halogenated alkanes) is 29. The number of nitrogens with one attached hydrogen (secondary N) is 1. The van der Waals surface area contributed by atoms with Crippen LogP contribution in [0.3, 0.4) is 0 Å². The summed E-state index contributed by atoms with van der Waals surface area (Å²) in [7, 11) is 0. The van der Waals surface area contributed by atoms with Crippen molar-refractivity contribution in [3.05, 3.63) is 36.5 Å². The zero-order valence-electron chi connectivity index (χ0n) is 34.7. The van der Waals surface area contributed by atoms with Gasteiger partial charge in [-0.3, -0.25) is 4.79 Å². The van der Waals surface area contributed by atoms with Crippen LogP contribution in [0, 0.1) is 0 Å². The number of allylic oxidation sites excluding steroid dienone is 5. The first-order valence-electron chi connectivity index (χ1n) is 22.8. The molecule has 4 N–H and O–H groups in total. The predicted molar refractivity (Wildman–Crippen MR) is 227 cm³/mol. The molecule has 0 rings (SSSR count). The second kappa shape index (κ2) is 42.3. The SMILES string of the molecule is CCCCCCCCCCCC/C=C/CC/C=C/CC/C=C/C(O)C(CO)NC(=O)C(O)CCCCCCCCCCCCCCCCCCCC. The zero-order chi connectivity index (χ0) is 38.0. The quantitative estimate of drug-likeness (QED) is 0.0372. The van der Waals surface area contributed by atoms with Gasteiger partial charge < -0.3 is 20.6 Å². The van der Waals surface area contributed by atoms with Gasteiger partial charge in [0, 0.05) is 0 Å². The van der Waals surface area contributed by atoms with Gasteiger partial charge in [-0.25, -0.2) is 0 Å². The van der Waals surface area contributed by atoms with Crippen molar-refractivity contribution in [2.45, 2.75) is 250 Å². The summed E-state index contributed by atoms with van der Waals surface area (Å²) in [6.07, 6.45) is 53.2. The van der Waals surface area contributed by atoms with Crippen LogP contribution < -0.4 is 5.32 Å². The maximum atomic E-state index is 12.5. The Morgan fingerprint density at radius 1 is 0.462 bits per heavy atom. The molecule has 5 heteroatoms. The molecule has 306 valence electrons. The van der Waals surface area contributed by atoms with Crippen molar-refractivity contribution in [1.29, 1.82) is 0 Å². The minimum atomic E-state index is -1.11. The third-order valence-corrected chi connectivity index (χ3v) is 10.5. The summed E-state index contributed by atoms with van der Waals surface area (Å²) in [5.41, 5.74) is 0. The van der Waals surface area contributed by atoms with E-state index < -0.39 is 24.2 Å². The maximum Gasteiger partial charge on any atom is 0.249 e. The van der Waals surface area contributed by atoms with Gasteiger partial charge in [-0.2, -0.15) is 0 Å². The summed E-state index contributed by atoms with van der Waals surface area (Å²) in [5, 5.41) is 33.1. The number of carbonyl (C=O) groups is 1. The minimum absolute atomic E-state index is 0.379. The predicted octanol–water partition coefficient (Wildman–Crippen LogP) is 13.2. The van der Waals surface area contributed by atoms with Crippen LogP contribution in [0.25, 0.3) is 0 Å². The Kier molecular flexibility index (Phi) is 41.1. The molecular formula is C47H89NO4. The van der Waals surface area contributed by atoms with E-state index in [0.29, 0.717) is 6.42 Å². The minimum Gasteiger partial charge on any atom is -0.394 e. The van der Waals surface area contributed by atoms with Gasteiger partial charge in [-0.05, 0) is 44.9 Å². The van der Waals surface area contributed by atoms with Gasteiger partial charge in [0.05, 0.1) is 18.8 Å². The van der Waals surface area contributed by atoms with Gasteiger partial charge in [0.25, 0.3) is 0 Å². The molecule has 0 aliphatic carbocycles. The number of aliphatic hydroxyl groups is 3. The summed E-state index contributed by atoms with van der Waals surface area (Å²) in [6.45, 7) is 4.17. The fourth-order valence-corrected chi connectivity index (χ4v) is 6.86. The van der Waals surface area contributed by atoms with Crippen molar-refractivity contribution < 1.29 is 20.1 Å². The summed E-state index contributed by atoms with van der Waals surface area (Å²) in [5.74, 6) is -0.515. The molecule has 0 aliphatic rings. The van der Waals surface area contributed by atoms with Gasteiger partial charge in [0.15, 0.2) is 0 Å². The van der Waals surface area contributed by atoms with E-state index in [1.54, 1.807) is 6.08 Å². The molecule has 1 amide bonds. The van der Waals surface area contributed by atoms with Gasteiger partial charge in [-0.1, -0.05) is 224 Å². The molecule has 0 aliphatic heterocycles. The highest BCUT2D eigenvalue weighted by Crippen LogP contribution is 2.16. The van der Waals surface area contributed by atoms with Crippen LogP contribution in [-0.4, -0.2) is 46.1 Å². The number of rotatable bonds is 41. The van der Waals surface area contributed by atoms with Crippen LogP contribution in [0.5, 0.6) is 0 Å². The lowest BCUT2D eigenvalue weighted by atomic mass is 10.0. The lowest BCUT2D eigenvalue weighted by molar-refractivity contribution is -0.131. The number of hydrogen-bond donors (Lipinski definition) is 4. The van der Waals surface area contributed by atoms with Crippen LogP contribution in [-0.2, 0) is 4.79 Å². The van der Waals surface area contributed by atoms with Crippen molar-refractivity contribution in [2.75, 3.05) is 6.61 Å².